The summed E-state index contributed by atoms with van der Waals surface area (Å²) in [7, 11) is 0. The first-order valence-electron chi connectivity index (χ1n) is 5.15. The minimum absolute atomic E-state index is 0.0535. The molecule has 1 amide bonds. The van der Waals surface area contributed by atoms with Crippen LogP contribution < -0.4 is 10.6 Å². The average Bonchev–Trinajstić information content (AvgIpc) is 2.65. The van der Waals surface area contributed by atoms with Crippen LogP contribution in [0.1, 0.15) is 12.3 Å². The Morgan fingerprint density at radius 2 is 2.50 bits per heavy atom. The van der Waals surface area contributed by atoms with Crippen molar-refractivity contribution in [3.05, 3.63) is 5.89 Å². The monoisotopic (exact) mass is 226 g/mol. The number of anilines is 1. The molecular weight excluding hydrogens is 212 g/mol. The highest BCUT2D eigenvalue weighted by Crippen LogP contribution is 2.06. The quantitative estimate of drug-likeness (QED) is 0.735. The van der Waals surface area contributed by atoms with Crippen LogP contribution in [0.25, 0.3) is 0 Å². The van der Waals surface area contributed by atoms with Gasteiger partial charge in [-0.2, -0.15) is 0 Å². The Kier molecular flexibility index (Phi) is 3.47. The lowest BCUT2D eigenvalue weighted by molar-refractivity contribution is -0.117. The van der Waals surface area contributed by atoms with Crippen molar-refractivity contribution >= 4 is 11.9 Å². The molecule has 16 heavy (non-hydrogen) atoms. The van der Waals surface area contributed by atoms with Crippen molar-refractivity contribution in [1.82, 2.24) is 15.5 Å². The Bertz CT molecular complexity index is 359. The van der Waals surface area contributed by atoms with Crippen LogP contribution >= 0.6 is 0 Å². The summed E-state index contributed by atoms with van der Waals surface area (Å²) in [6, 6.07) is 0.192. The van der Waals surface area contributed by atoms with Gasteiger partial charge in [0.2, 0.25) is 11.8 Å². The highest BCUT2D eigenvalue weighted by molar-refractivity contribution is 5.88. The molecule has 1 aliphatic heterocycles. The number of rotatable bonds is 3. The number of carbonyl (C=O) groups is 1. The number of hydrogen-bond acceptors (Lipinski definition) is 6. The van der Waals surface area contributed by atoms with Crippen LogP contribution in [0.5, 0.6) is 0 Å². The molecule has 0 aromatic carbocycles. The van der Waals surface area contributed by atoms with Crippen molar-refractivity contribution in [1.29, 1.82) is 0 Å². The number of aryl methyl sites for hydroxylation is 1. The van der Waals surface area contributed by atoms with Crippen LogP contribution in [0.3, 0.4) is 0 Å². The van der Waals surface area contributed by atoms with Gasteiger partial charge in [-0.1, -0.05) is 5.10 Å². The van der Waals surface area contributed by atoms with Gasteiger partial charge in [-0.05, 0) is 0 Å². The van der Waals surface area contributed by atoms with E-state index in [0.717, 1.165) is 6.54 Å². The van der Waals surface area contributed by atoms with Gasteiger partial charge in [0.25, 0.3) is 0 Å². The van der Waals surface area contributed by atoms with Gasteiger partial charge in [0, 0.05) is 25.9 Å². The van der Waals surface area contributed by atoms with Gasteiger partial charge in [-0.3, -0.25) is 10.1 Å². The van der Waals surface area contributed by atoms with E-state index in [9.17, 15) is 4.79 Å². The lowest BCUT2D eigenvalue weighted by Crippen LogP contribution is -2.43. The second-order valence-corrected chi connectivity index (χ2v) is 3.60. The van der Waals surface area contributed by atoms with Crippen molar-refractivity contribution in [3.8, 4) is 0 Å². The third-order valence-corrected chi connectivity index (χ3v) is 2.20. The highest BCUT2D eigenvalue weighted by atomic mass is 16.5. The van der Waals surface area contributed by atoms with Gasteiger partial charge >= 0.3 is 6.01 Å². The molecular formula is C9H14N4O3. The van der Waals surface area contributed by atoms with Gasteiger partial charge in [-0.25, -0.2) is 0 Å². The van der Waals surface area contributed by atoms with Gasteiger partial charge in [0.05, 0.1) is 13.2 Å². The molecule has 1 aromatic heterocycles. The number of morpholine rings is 1. The molecule has 0 spiro atoms. The fourth-order valence-electron chi connectivity index (χ4n) is 1.49. The molecule has 1 saturated heterocycles. The molecule has 0 aliphatic carbocycles. The zero-order valence-corrected chi connectivity index (χ0v) is 9.02. The molecule has 2 heterocycles. The van der Waals surface area contributed by atoms with Crippen molar-refractivity contribution in [2.75, 3.05) is 25.1 Å². The standard InChI is InChI=1S/C9H14N4O3/c1-6-12-13-9(16-6)11-8(14)4-7-5-15-3-2-10-7/h7,10H,2-5H2,1H3,(H,11,13,14). The maximum absolute atomic E-state index is 11.6. The van der Waals surface area contributed by atoms with E-state index in [0.29, 0.717) is 25.5 Å². The molecule has 1 atom stereocenters. The average molecular weight is 226 g/mol. The van der Waals surface area contributed by atoms with Crippen molar-refractivity contribution in [2.24, 2.45) is 0 Å². The number of aromatic nitrogens is 2. The Hall–Kier alpha value is -1.47. The third kappa shape index (κ3) is 3.01. The van der Waals surface area contributed by atoms with E-state index in [1.807, 2.05) is 0 Å². The first-order chi connectivity index (χ1) is 7.74. The van der Waals surface area contributed by atoms with Crippen LogP contribution in [0.2, 0.25) is 0 Å². The number of carbonyl (C=O) groups excluding carboxylic acids is 1. The predicted molar refractivity (Wildman–Crippen MR) is 54.9 cm³/mol. The fourth-order valence-corrected chi connectivity index (χ4v) is 1.49. The van der Waals surface area contributed by atoms with E-state index in [4.69, 9.17) is 9.15 Å². The Labute approximate surface area is 92.6 Å². The normalized spacial score (nSPS) is 20.7. The zero-order chi connectivity index (χ0) is 11.4. The van der Waals surface area contributed by atoms with Crippen molar-refractivity contribution < 1.29 is 13.9 Å². The maximum Gasteiger partial charge on any atom is 0.322 e. The number of hydrogen-bond donors (Lipinski definition) is 2. The minimum Gasteiger partial charge on any atom is -0.408 e. The second kappa shape index (κ2) is 5.04. The van der Waals surface area contributed by atoms with Gasteiger partial charge in [-0.15, -0.1) is 5.10 Å². The Balaban J connectivity index is 1.79. The van der Waals surface area contributed by atoms with Crippen molar-refractivity contribution in [3.63, 3.8) is 0 Å². The van der Waals surface area contributed by atoms with Crippen LogP contribution in [-0.4, -0.2) is 41.9 Å². The third-order valence-electron chi connectivity index (χ3n) is 2.20. The predicted octanol–water partition coefficient (Wildman–Crippen LogP) is -0.305. The largest absolute Gasteiger partial charge is 0.408 e. The fraction of sp³-hybridized carbons (Fsp3) is 0.667. The Morgan fingerprint density at radius 1 is 1.62 bits per heavy atom. The lowest BCUT2D eigenvalue weighted by atomic mass is 10.2. The zero-order valence-electron chi connectivity index (χ0n) is 9.02. The summed E-state index contributed by atoms with van der Waals surface area (Å²) in [6.07, 6.45) is 0.335. The number of nitrogens with zero attached hydrogens (tertiary/aromatic N) is 2. The van der Waals surface area contributed by atoms with Crippen LogP contribution in [-0.2, 0) is 9.53 Å². The summed E-state index contributed by atoms with van der Waals surface area (Å²) in [5.41, 5.74) is 0. The summed E-state index contributed by atoms with van der Waals surface area (Å²) in [4.78, 5) is 11.6. The topological polar surface area (TPSA) is 89.3 Å². The van der Waals surface area contributed by atoms with Gasteiger partial charge in [0.1, 0.15) is 0 Å². The number of ether oxygens (including phenoxy) is 1. The SMILES string of the molecule is Cc1nnc(NC(=O)CC2COCCN2)o1. The van der Waals surface area contributed by atoms with E-state index in [-0.39, 0.29) is 18.0 Å². The molecule has 0 radical (unpaired) electrons. The molecule has 7 nitrogen and oxygen atoms in total. The first kappa shape index (κ1) is 11.0. The molecule has 2 rings (SSSR count). The molecule has 2 N–H and O–H groups in total. The molecule has 0 saturated carbocycles. The summed E-state index contributed by atoms with van der Waals surface area (Å²) in [5, 5.41) is 13.0. The maximum atomic E-state index is 11.6. The van der Waals surface area contributed by atoms with Crippen LogP contribution in [0, 0.1) is 6.92 Å². The van der Waals surface area contributed by atoms with E-state index in [1.165, 1.54) is 0 Å². The van der Waals surface area contributed by atoms with E-state index in [1.54, 1.807) is 6.92 Å². The van der Waals surface area contributed by atoms with Crippen LogP contribution in [0.4, 0.5) is 6.01 Å². The van der Waals surface area contributed by atoms with E-state index < -0.39 is 0 Å². The Morgan fingerprint density at radius 3 is 3.12 bits per heavy atom. The van der Waals surface area contributed by atoms with E-state index in [2.05, 4.69) is 20.8 Å². The molecule has 1 fully saturated rings. The van der Waals surface area contributed by atoms with Gasteiger partial charge < -0.3 is 14.5 Å². The molecule has 1 aliphatic rings. The summed E-state index contributed by atoms with van der Waals surface area (Å²) < 4.78 is 10.3. The lowest BCUT2D eigenvalue weighted by Gasteiger charge is -2.22. The highest BCUT2D eigenvalue weighted by Gasteiger charge is 2.17. The number of nitrogens with one attached hydrogen (secondary N) is 2. The van der Waals surface area contributed by atoms with Crippen molar-refractivity contribution in [2.45, 2.75) is 19.4 Å². The molecule has 1 aromatic rings. The molecule has 7 heteroatoms. The first-order valence-corrected chi connectivity index (χ1v) is 5.15. The van der Waals surface area contributed by atoms with E-state index >= 15 is 0 Å². The molecule has 88 valence electrons. The summed E-state index contributed by atoms with van der Waals surface area (Å²) in [6.45, 7) is 3.69. The smallest absolute Gasteiger partial charge is 0.322 e. The summed E-state index contributed by atoms with van der Waals surface area (Å²) in [5.74, 6) is 0.265. The second-order valence-electron chi connectivity index (χ2n) is 3.60. The minimum atomic E-state index is -0.161. The molecule has 1 unspecified atom stereocenters. The molecule has 0 bridgehead atoms. The van der Waals surface area contributed by atoms with Crippen LogP contribution in [0.15, 0.2) is 4.42 Å². The summed E-state index contributed by atoms with van der Waals surface area (Å²) >= 11 is 0. The number of amides is 1. The van der Waals surface area contributed by atoms with Gasteiger partial charge in [0.15, 0.2) is 0 Å².